The summed E-state index contributed by atoms with van der Waals surface area (Å²) in [6.07, 6.45) is 3.57. The summed E-state index contributed by atoms with van der Waals surface area (Å²) in [4.78, 5) is 25.6. The van der Waals surface area contributed by atoms with Gasteiger partial charge in [0.1, 0.15) is 0 Å². The monoisotopic (exact) mass is 489 g/mol. The predicted molar refractivity (Wildman–Crippen MR) is 129 cm³/mol. The van der Waals surface area contributed by atoms with Crippen LogP contribution in [0.15, 0.2) is 61.5 Å². The highest BCUT2D eigenvalue weighted by Crippen LogP contribution is 2.28. The summed E-state index contributed by atoms with van der Waals surface area (Å²) in [5, 5.41) is 2.94. The first kappa shape index (κ1) is 23.6. The van der Waals surface area contributed by atoms with Gasteiger partial charge in [0.05, 0.1) is 10.4 Å². The first-order chi connectivity index (χ1) is 15.8. The number of rotatable bonds is 7. The molecule has 2 aromatic carbocycles. The van der Waals surface area contributed by atoms with E-state index >= 15 is 0 Å². The van der Waals surface area contributed by atoms with Crippen LogP contribution in [0, 0.1) is 5.92 Å². The van der Waals surface area contributed by atoms with E-state index in [0.29, 0.717) is 44.4 Å². The summed E-state index contributed by atoms with van der Waals surface area (Å²) in [6.45, 7) is 2.97. The van der Waals surface area contributed by atoms with Crippen molar-refractivity contribution in [3.63, 3.8) is 0 Å². The van der Waals surface area contributed by atoms with Gasteiger partial charge in [-0.2, -0.15) is 4.31 Å². The van der Waals surface area contributed by atoms with Gasteiger partial charge in [-0.25, -0.2) is 13.2 Å². The molecule has 0 saturated carbocycles. The molecule has 2 heterocycles. The Morgan fingerprint density at radius 1 is 1.18 bits per heavy atom. The number of thioether (sulfide) groups is 1. The molecule has 3 aromatic rings. The van der Waals surface area contributed by atoms with Gasteiger partial charge >= 0.3 is 5.76 Å². The van der Waals surface area contributed by atoms with Gasteiger partial charge in [0.2, 0.25) is 15.9 Å². The zero-order valence-electron chi connectivity index (χ0n) is 18.6. The minimum atomic E-state index is -3.71. The van der Waals surface area contributed by atoms with Gasteiger partial charge < -0.3 is 9.73 Å². The quantitative estimate of drug-likeness (QED) is 0.507. The Morgan fingerprint density at radius 3 is 2.64 bits per heavy atom. The zero-order chi connectivity index (χ0) is 23.6. The highest BCUT2D eigenvalue weighted by molar-refractivity contribution is 7.98. The van der Waals surface area contributed by atoms with Crippen molar-refractivity contribution in [2.45, 2.75) is 42.5 Å². The fraction of sp³-hybridized carbons (Fsp3) is 0.391. The average molecular weight is 490 g/mol. The SMILES string of the molecule is CCn1c(=O)oc2cc(S(=O)(=O)N3CCC(CC(=O)Nc4cccc(SC)c4)CC3)ccc21. The minimum Gasteiger partial charge on any atom is -0.408 e. The molecule has 1 fully saturated rings. The molecule has 0 radical (unpaired) electrons. The molecule has 0 unspecified atom stereocenters. The number of nitrogens with one attached hydrogen (secondary N) is 1. The maximum atomic E-state index is 13.1. The maximum absolute atomic E-state index is 13.1. The van der Waals surface area contributed by atoms with Crippen LogP contribution in [-0.4, -0.2) is 42.5 Å². The van der Waals surface area contributed by atoms with Crippen LogP contribution in [0.2, 0.25) is 0 Å². The van der Waals surface area contributed by atoms with Gasteiger partial charge in [-0.05, 0) is 62.3 Å². The standard InChI is InChI=1S/C23H27N3O5S2/c1-3-26-20-8-7-19(15-21(20)31-23(26)28)33(29,30)25-11-9-16(10-12-25)13-22(27)24-17-5-4-6-18(14-17)32-2/h4-8,14-16H,3,9-13H2,1-2H3,(H,24,27). The Balaban J connectivity index is 1.38. The number of carbonyl (C=O) groups is 1. The van der Waals surface area contributed by atoms with Crippen LogP contribution in [0.5, 0.6) is 0 Å². The van der Waals surface area contributed by atoms with Crippen LogP contribution >= 0.6 is 11.8 Å². The van der Waals surface area contributed by atoms with Crippen molar-refractivity contribution >= 4 is 44.5 Å². The van der Waals surface area contributed by atoms with Crippen molar-refractivity contribution in [2.24, 2.45) is 5.92 Å². The van der Waals surface area contributed by atoms with E-state index in [2.05, 4.69) is 5.32 Å². The number of fused-ring (bicyclic) bond motifs is 1. The third-order valence-electron chi connectivity index (χ3n) is 5.99. The van der Waals surface area contributed by atoms with Crippen LogP contribution in [-0.2, 0) is 21.4 Å². The number of amides is 1. The third kappa shape index (κ3) is 5.02. The van der Waals surface area contributed by atoms with Crippen LogP contribution in [0.1, 0.15) is 26.2 Å². The summed E-state index contributed by atoms with van der Waals surface area (Å²) in [5.41, 5.74) is 1.61. The number of anilines is 1. The molecule has 176 valence electrons. The summed E-state index contributed by atoms with van der Waals surface area (Å²) in [7, 11) is -3.71. The molecule has 1 N–H and O–H groups in total. The highest BCUT2D eigenvalue weighted by Gasteiger charge is 2.30. The summed E-state index contributed by atoms with van der Waals surface area (Å²) in [6, 6.07) is 12.2. The number of aryl methyl sites for hydroxylation is 1. The molecular weight excluding hydrogens is 462 g/mol. The number of hydrogen-bond acceptors (Lipinski definition) is 6. The molecule has 1 aliphatic rings. The lowest BCUT2D eigenvalue weighted by molar-refractivity contribution is -0.117. The lowest BCUT2D eigenvalue weighted by Gasteiger charge is -2.31. The third-order valence-corrected chi connectivity index (χ3v) is 8.61. The first-order valence-electron chi connectivity index (χ1n) is 10.9. The molecule has 1 aliphatic heterocycles. The molecule has 33 heavy (non-hydrogen) atoms. The number of carbonyl (C=O) groups excluding carboxylic acids is 1. The molecule has 10 heteroatoms. The fourth-order valence-electron chi connectivity index (χ4n) is 4.18. The van der Waals surface area contributed by atoms with Gasteiger partial charge in [-0.3, -0.25) is 9.36 Å². The summed E-state index contributed by atoms with van der Waals surface area (Å²) in [5.74, 6) is -0.434. The lowest BCUT2D eigenvalue weighted by Crippen LogP contribution is -2.39. The molecule has 0 bridgehead atoms. The summed E-state index contributed by atoms with van der Waals surface area (Å²) >= 11 is 1.61. The number of benzene rings is 2. The second-order valence-corrected chi connectivity index (χ2v) is 10.9. The molecule has 1 amide bonds. The van der Waals surface area contributed by atoms with Gasteiger partial charge in [-0.1, -0.05) is 6.07 Å². The molecular formula is C23H27N3O5S2. The number of nitrogens with zero attached hydrogens (tertiary/aromatic N) is 2. The van der Waals surface area contributed by atoms with Crippen molar-refractivity contribution in [2.75, 3.05) is 24.7 Å². The van der Waals surface area contributed by atoms with E-state index in [-0.39, 0.29) is 22.3 Å². The minimum absolute atomic E-state index is 0.0597. The largest absolute Gasteiger partial charge is 0.419 e. The number of piperidine rings is 1. The van der Waals surface area contributed by atoms with Gasteiger partial charge in [-0.15, -0.1) is 11.8 Å². The Morgan fingerprint density at radius 2 is 1.94 bits per heavy atom. The number of sulfonamides is 1. The van der Waals surface area contributed by atoms with E-state index in [0.717, 1.165) is 10.6 Å². The second-order valence-electron chi connectivity index (χ2n) is 8.07. The van der Waals surface area contributed by atoms with Crippen LogP contribution in [0.3, 0.4) is 0 Å². The van der Waals surface area contributed by atoms with E-state index in [1.165, 1.54) is 21.0 Å². The molecule has 0 atom stereocenters. The molecule has 0 spiro atoms. The molecule has 8 nitrogen and oxygen atoms in total. The summed E-state index contributed by atoms with van der Waals surface area (Å²) < 4.78 is 34.4. The molecule has 1 saturated heterocycles. The fourth-order valence-corrected chi connectivity index (χ4v) is 6.13. The van der Waals surface area contributed by atoms with E-state index in [9.17, 15) is 18.0 Å². The lowest BCUT2D eigenvalue weighted by atomic mass is 9.94. The van der Waals surface area contributed by atoms with Crippen molar-refractivity contribution < 1.29 is 17.6 Å². The first-order valence-corrected chi connectivity index (χ1v) is 13.6. The predicted octanol–water partition coefficient (Wildman–Crippen LogP) is 3.77. The van der Waals surface area contributed by atoms with Crippen LogP contribution in [0.25, 0.3) is 11.1 Å². The van der Waals surface area contributed by atoms with Crippen LogP contribution in [0.4, 0.5) is 5.69 Å². The molecule has 4 rings (SSSR count). The molecule has 1 aromatic heterocycles. The number of oxazole rings is 1. The Labute approximate surface area is 197 Å². The second kappa shape index (κ2) is 9.74. The maximum Gasteiger partial charge on any atom is 0.419 e. The van der Waals surface area contributed by atoms with E-state index in [4.69, 9.17) is 4.42 Å². The Bertz CT molecular complexity index is 1320. The van der Waals surface area contributed by atoms with Crippen molar-refractivity contribution in [3.05, 3.63) is 53.0 Å². The van der Waals surface area contributed by atoms with Crippen LogP contribution < -0.4 is 11.1 Å². The normalized spacial score (nSPS) is 15.7. The van der Waals surface area contributed by atoms with Gasteiger partial charge in [0.25, 0.3) is 0 Å². The van der Waals surface area contributed by atoms with E-state index in [1.807, 2.05) is 37.4 Å². The zero-order valence-corrected chi connectivity index (χ0v) is 20.2. The van der Waals surface area contributed by atoms with Gasteiger partial charge in [0.15, 0.2) is 5.58 Å². The van der Waals surface area contributed by atoms with Crippen molar-refractivity contribution in [3.8, 4) is 0 Å². The highest BCUT2D eigenvalue weighted by atomic mass is 32.2. The van der Waals surface area contributed by atoms with E-state index in [1.54, 1.807) is 17.8 Å². The topological polar surface area (TPSA) is 102 Å². The van der Waals surface area contributed by atoms with Crippen molar-refractivity contribution in [1.29, 1.82) is 0 Å². The number of aromatic nitrogens is 1. The Hall–Kier alpha value is -2.56. The van der Waals surface area contributed by atoms with Gasteiger partial charge in [0, 0.05) is 42.7 Å². The smallest absolute Gasteiger partial charge is 0.408 e. The Kier molecular flexibility index (Phi) is 6.96. The van der Waals surface area contributed by atoms with E-state index < -0.39 is 15.8 Å². The number of hydrogen-bond donors (Lipinski definition) is 1. The van der Waals surface area contributed by atoms with Crippen molar-refractivity contribution in [1.82, 2.24) is 8.87 Å². The molecule has 0 aliphatic carbocycles. The average Bonchev–Trinajstić information content (AvgIpc) is 3.13.